The summed E-state index contributed by atoms with van der Waals surface area (Å²) in [6.07, 6.45) is 1.89. The van der Waals surface area contributed by atoms with Crippen molar-refractivity contribution in [1.82, 2.24) is 15.3 Å². The van der Waals surface area contributed by atoms with E-state index in [2.05, 4.69) is 20.6 Å². The minimum atomic E-state index is 0.0189. The van der Waals surface area contributed by atoms with Gasteiger partial charge >= 0.3 is 0 Å². The molecular weight excluding hydrogens is 254 g/mol. The first kappa shape index (κ1) is 14.0. The van der Waals surface area contributed by atoms with Gasteiger partial charge in [-0.1, -0.05) is 0 Å². The summed E-state index contributed by atoms with van der Waals surface area (Å²) in [5.41, 5.74) is 7.26. The molecule has 2 rings (SSSR count). The van der Waals surface area contributed by atoms with Gasteiger partial charge in [0.05, 0.1) is 5.52 Å². The van der Waals surface area contributed by atoms with E-state index in [0.717, 1.165) is 10.9 Å². The SMILES string of the molecule is CC(C)NC(=O)CCNc1ncnc2ccc(N)cc12. The molecule has 20 heavy (non-hydrogen) atoms. The maximum absolute atomic E-state index is 11.6. The van der Waals surface area contributed by atoms with Gasteiger partial charge in [-0.15, -0.1) is 0 Å². The maximum atomic E-state index is 11.6. The number of fused-ring (bicyclic) bond motifs is 1. The number of nitrogen functional groups attached to an aromatic ring is 1. The van der Waals surface area contributed by atoms with Crippen LogP contribution < -0.4 is 16.4 Å². The van der Waals surface area contributed by atoms with Crippen molar-refractivity contribution in [2.24, 2.45) is 0 Å². The molecule has 1 heterocycles. The number of hydrogen-bond donors (Lipinski definition) is 3. The van der Waals surface area contributed by atoms with Crippen LogP contribution in [-0.4, -0.2) is 28.5 Å². The van der Waals surface area contributed by atoms with E-state index in [-0.39, 0.29) is 11.9 Å². The molecule has 0 atom stereocenters. The third-order valence-electron chi connectivity index (χ3n) is 2.75. The molecule has 106 valence electrons. The lowest BCUT2D eigenvalue weighted by atomic mass is 10.2. The molecule has 6 nitrogen and oxygen atoms in total. The summed E-state index contributed by atoms with van der Waals surface area (Å²) in [5.74, 6) is 0.713. The average Bonchev–Trinajstić information content (AvgIpc) is 2.38. The largest absolute Gasteiger partial charge is 0.399 e. The fraction of sp³-hybridized carbons (Fsp3) is 0.357. The third-order valence-corrected chi connectivity index (χ3v) is 2.75. The van der Waals surface area contributed by atoms with Crippen molar-refractivity contribution in [3.05, 3.63) is 24.5 Å². The van der Waals surface area contributed by atoms with E-state index in [1.165, 1.54) is 6.33 Å². The predicted molar refractivity (Wildman–Crippen MR) is 80.3 cm³/mol. The van der Waals surface area contributed by atoms with Crippen molar-refractivity contribution in [1.29, 1.82) is 0 Å². The summed E-state index contributed by atoms with van der Waals surface area (Å²) in [4.78, 5) is 19.9. The minimum Gasteiger partial charge on any atom is -0.399 e. The number of aromatic nitrogens is 2. The zero-order valence-corrected chi connectivity index (χ0v) is 11.7. The van der Waals surface area contributed by atoms with Gasteiger partial charge in [0.2, 0.25) is 5.91 Å². The van der Waals surface area contributed by atoms with Gasteiger partial charge in [-0.3, -0.25) is 4.79 Å². The van der Waals surface area contributed by atoms with E-state index in [1.807, 2.05) is 26.0 Å². The van der Waals surface area contributed by atoms with Crippen LogP contribution in [0.3, 0.4) is 0 Å². The van der Waals surface area contributed by atoms with Crippen LogP contribution in [0.4, 0.5) is 11.5 Å². The summed E-state index contributed by atoms with van der Waals surface area (Å²) in [5, 5.41) is 6.85. The first-order valence-electron chi connectivity index (χ1n) is 6.59. The number of benzene rings is 1. The molecule has 1 aromatic carbocycles. The zero-order chi connectivity index (χ0) is 14.5. The summed E-state index contributed by atoms with van der Waals surface area (Å²) in [6.45, 7) is 4.39. The molecule has 0 saturated carbocycles. The standard InChI is InChI=1S/C14H19N5O/c1-9(2)19-13(20)5-6-16-14-11-7-10(15)3-4-12(11)17-8-18-14/h3-4,7-9H,5-6,15H2,1-2H3,(H,19,20)(H,16,17,18). The lowest BCUT2D eigenvalue weighted by Gasteiger charge is -2.10. The first-order valence-corrected chi connectivity index (χ1v) is 6.59. The fourth-order valence-corrected chi connectivity index (χ4v) is 1.90. The van der Waals surface area contributed by atoms with Gasteiger partial charge in [0.1, 0.15) is 12.1 Å². The second-order valence-corrected chi connectivity index (χ2v) is 4.90. The van der Waals surface area contributed by atoms with Gasteiger partial charge in [-0.05, 0) is 32.0 Å². The number of anilines is 2. The van der Waals surface area contributed by atoms with E-state index in [0.29, 0.717) is 24.5 Å². The Bertz CT molecular complexity index is 612. The number of hydrogen-bond acceptors (Lipinski definition) is 5. The van der Waals surface area contributed by atoms with Crippen molar-refractivity contribution in [3.63, 3.8) is 0 Å². The van der Waals surface area contributed by atoms with E-state index in [1.54, 1.807) is 6.07 Å². The highest BCUT2D eigenvalue weighted by molar-refractivity contribution is 5.91. The van der Waals surface area contributed by atoms with Gasteiger partial charge in [-0.25, -0.2) is 9.97 Å². The highest BCUT2D eigenvalue weighted by Crippen LogP contribution is 2.21. The highest BCUT2D eigenvalue weighted by Gasteiger charge is 2.06. The Morgan fingerprint density at radius 3 is 2.90 bits per heavy atom. The van der Waals surface area contributed by atoms with Crippen LogP contribution in [0.1, 0.15) is 20.3 Å². The number of nitrogens with two attached hydrogens (primary N) is 1. The van der Waals surface area contributed by atoms with E-state index in [4.69, 9.17) is 5.73 Å². The van der Waals surface area contributed by atoms with Crippen LogP contribution in [0.2, 0.25) is 0 Å². The molecule has 0 spiro atoms. The molecule has 0 aliphatic rings. The van der Waals surface area contributed by atoms with E-state index < -0.39 is 0 Å². The Hall–Kier alpha value is -2.37. The predicted octanol–water partition coefficient (Wildman–Crippen LogP) is 1.54. The lowest BCUT2D eigenvalue weighted by Crippen LogP contribution is -2.31. The number of nitrogens with zero attached hydrogens (tertiary/aromatic N) is 2. The highest BCUT2D eigenvalue weighted by atomic mass is 16.1. The topological polar surface area (TPSA) is 92.9 Å². The minimum absolute atomic E-state index is 0.0189. The summed E-state index contributed by atoms with van der Waals surface area (Å²) < 4.78 is 0. The van der Waals surface area contributed by atoms with Crippen molar-refractivity contribution in [2.45, 2.75) is 26.3 Å². The molecule has 6 heteroatoms. The monoisotopic (exact) mass is 273 g/mol. The Morgan fingerprint density at radius 2 is 2.15 bits per heavy atom. The van der Waals surface area contributed by atoms with Crippen LogP contribution >= 0.6 is 0 Å². The molecule has 0 unspecified atom stereocenters. The molecule has 0 aliphatic carbocycles. The number of rotatable bonds is 5. The van der Waals surface area contributed by atoms with Gasteiger partial charge in [0.25, 0.3) is 0 Å². The van der Waals surface area contributed by atoms with Crippen molar-refractivity contribution in [3.8, 4) is 0 Å². The van der Waals surface area contributed by atoms with Crippen LogP contribution in [0.15, 0.2) is 24.5 Å². The molecule has 0 bridgehead atoms. The van der Waals surface area contributed by atoms with Gasteiger partial charge in [-0.2, -0.15) is 0 Å². The summed E-state index contributed by atoms with van der Waals surface area (Å²) in [7, 11) is 0. The fourth-order valence-electron chi connectivity index (χ4n) is 1.90. The average molecular weight is 273 g/mol. The van der Waals surface area contributed by atoms with Gasteiger partial charge in [0, 0.05) is 30.1 Å². The third kappa shape index (κ3) is 3.57. The van der Waals surface area contributed by atoms with Gasteiger partial charge in [0.15, 0.2) is 0 Å². The van der Waals surface area contributed by atoms with Crippen molar-refractivity contribution in [2.75, 3.05) is 17.6 Å². The molecule has 0 fully saturated rings. The maximum Gasteiger partial charge on any atom is 0.221 e. The molecule has 1 aromatic heterocycles. The lowest BCUT2D eigenvalue weighted by molar-refractivity contribution is -0.121. The number of amides is 1. The van der Waals surface area contributed by atoms with Gasteiger partial charge < -0.3 is 16.4 Å². The Balaban J connectivity index is 2.03. The molecule has 0 aliphatic heterocycles. The quantitative estimate of drug-likeness (QED) is 0.718. The normalized spacial score (nSPS) is 10.8. The second-order valence-electron chi connectivity index (χ2n) is 4.90. The van der Waals surface area contributed by atoms with Crippen molar-refractivity contribution >= 4 is 28.3 Å². The van der Waals surface area contributed by atoms with E-state index in [9.17, 15) is 4.79 Å². The van der Waals surface area contributed by atoms with Crippen LogP contribution in [0, 0.1) is 0 Å². The zero-order valence-electron chi connectivity index (χ0n) is 11.7. The molecule has 4 N–H and O–H groups in total. The molecule has 0 saturated heterocycles. The Morgan fingerprint density at radius 1 is 1.35 bits per heavy atom. The molecule has 0 radical (unpaired) electrons. The molecule has 1 amide bonds. The Kier molecular flexibility index (Phi) is 4.34. The summed E-state index contributed by atoms with van der Waals surface area (Å²) in [6, 6.07) is 5.63. The van der Waals surface area contributed by atoms with E-state index >= 15 is 0 Å². The van der Waals surface area contributed by atoms with Crippen molar-refractivity contribution < 1.29 is 4.79 Å². The smallest absolute Gasteiger partial charge is 0.221 e. The Labute approximate surface area is 117 Å². The number of nitrogens with one attached hydrogen (secondary N) is 2. The summed E-state index contributed by atoms with van der Waals surface area (Å²) >= 11 is 0. The molecule has 2 aromatic rings. The second kappa shape index (κ2) is 6.18. The number of carbonyl (C=O) groups is 1. The van der Waals surface area contributed by atoms with Crippen LogP contribution in [-0.2, 0) is 4.79 Å². The molecular formula is C14H19N5O. The number of carbonyl (C=O) groups excluding carboxylic acids is 1. The van der Waals surface area contributed by atoms with Crippen LogP contribution in [0.5, 0.6) is 0 Å². The van der Waals surface area contributed by atoms with Crippen LogP contribution in [0.25, 0.3) is 10.9 Å². The first-order chi connectivity index (χ1) is 9.56.